The molecule has 1 unspecified atom stereocenters. The quantitative estimate of drug-likeness (QED) is 0.574. The Morgan fingerprint density at radius 3 is 2.84 bits per heavy atom. The van der Waals surface area contributed by atoms with Crippen LogP contribution in [0.4, 0.5) is 10.9 Å². The highest BCUT2D eigenvalue weighted by molar-refractivity contribution is 7.18. The standard InChI is InChI=1S/C11H20N4O3S/c1-6(2)14-11-15-9(12)8(19-11)10(17)13-4-7(16)5-18-3/h6-7,16H,4-5,12H2,1-3H3,(H,13,17)(H,14,15). The number of nitrogens with zero attached hydrogens (tertiary/aromatic N) is 1. The van der Waals surface area contributed by atoms with Gasteiger partial charge in [0.2, 0.25) is 0 Å². The zero-order chi connectivity index (χ0) is 14.4. The van der Waals surface area contributed by atoms with Crippen molar-refractivity contribution in [2.24, 2.45) is 0 Å². The van der Waals surface area contributed by atoms with Crippen molar-refractivity contribution in [3.05, 3.63) is 4.88 Å². The number of carbonyl (C=O) groups is 1. The van der Waals surface area contributed by atoms with E-state index in [0.717, 1.165) is 0 Å². The summed E-state index contributed by atoms with van der Waals surface area (Å²) in [5.41, 5.74) is 5.69. The maximum Gasteiger partial charge on any atom is 0.265 e. The van der Waals surface area contributed by atoms with Gasteiger partial charge in [0.25, 0.3) is 5.91 Å². The third kappa shape index (κ3) is 5.01. The Morgan fingerprint density at radius 1 is 1.58 bits per heavy atom. The van der Waals surface area contributed by atoms with Crippen molar-refractivity contribution in [2.45, 2.75) is 26.0 Å². The van der Waals surface area contributed by atoms with Gasteiger partial charge >= 0.3 is 0 Å². The third-order valence-corrected chi connectivity index (χ3v) is 3.13. The minimum Gasteiger partial charge on any atom is -0.389 e. The molecule has 0 radical (unpaired) electrons. The highest BCUT2D eigenvalue weighted by atomic mass is 32.1. The SMILES string of the molecule is COCC(O)CNC(=O)c1sc(NC(C)C)nc1N. The van der Waals surface area contributed by atoms with Gasteiger partial charge in [-0.05, 0) is 13.8 Å². The van der Waals surface area contributed by atoms with Gasteiger partial charge in [0.15, 0.2) is 5.13 Å². The van der Waals surface area contributed by atoms with E-state index in [9.17, 15) is 9.90 Å². The van der Waals surface area contributed by atoms with Crippen molar-refractivity contribution in [1.82, 2.24) is 10.3 Å². The van der Waals surface area contributed by atoms with E-state index in [-0.39, 0.29) is 30.9 Å². The number of rotatable bonds is 7. The molecule has 1 rings (SSSR count). The van der Waals surface area contributed by atoms with Gasteiger partial charge in [-0.2, -0.15) is 0 Å². The van der Waals surface area contributed by atoms with Gasteiger partial charge in [-0.1, -0.05) is 11.3 Å². The predicted molar refractivity (Wildman–Crippen MR) is 75.5 cm³/mol. The second kappa shape index (κ2) is 7.27. The number of nitrogens with two attached hydrogens (primary N) is 1. The Labute approximate surface area is 116 Å². The molecule has 1 heterocycles. The maximum atomic E-state index is 11.9. The van der Waals surface area contributed by atoms with Gasteiger partial charge in [-0.3, -0.25) is 4.79 Å². The molecule has 0 bridgehead atoms. The number of amides is 1. The fourth-order valence-corrected chi connectivity index (χ4v) is 2.29. The van der Waals surface area contributed by atoms with E-state index in [4.69, 9.17) is 10.5 Å². The van der Waals surface area contributed by atoms with Crippen molar-refractivity contribution in [3.8, 4) is 0 Å². The molecule has 7 nitrogen and oxygen atoms in total. The normalized spacial score (nSPS) is 12.5. The molecule has 0 aliphatic carbocycles. The van der Waals surface area contributed by atoms with Crippen LogP contribution >= 0.6 is 11.3 Å². The molecule has 0 saturated heterocycles. The Balaban J connectivity index is 2.59. The van der Waals surface area contributed by atoms with Gasteiger partial charge in [0, 0.05) is 19.7 Å². The molecule has 1 amide bonds. The highest BCUT2D eigenvalue weighted by Crippen LogP contribution is 2.25. The molecule has 1 aromatic heterocycles. The number of anilines is 2. The molecule has 5 N–H and O–H groups in total. The average Bonchev–Trinajstić information content (AvgIpc) is 2.66. The van der Waals surface area contributed by atoms with Crippen LogP contribution in [0.15, 0.2) is 0 Å². The first-order chi connectivity index (χ1) is 8.93. The smallest absolute Gasteiger partial charge is 0.265 e. The number of hydrogen-bond acceptors (Lipinski definition) is 7. The minimum atomic E-state index is -0.739. The van der Waals surface area contributed by atoms with Gasteiger partial charge in [-0.15, -0.1) is 0 Å². The van der Waals surface area contributed by atoms with Crippen LogP contribution in [0.3, 0.4) is 0 Å². The summed E-state index contributed by atoms with van der Waals surface area (Å²) in [6.07, 6.45) is -0.739. The molecule has 0 aliphatic rings. The number of methoxy groups -OCH3 is 1. The maximum absolute atomic E-state index is 11.9. The average molecular weight is 288 g/mol. The Morgan fingerprint density at radius 2 is 2.26 bits per heavy atom. The van der Waals surface area contributed by atoms with Crippen molar-refractivity contribution in [3.63, 3.8) is 0 Å². The Kier molecular flexibility index (Phi) is 6.00. The highest BCUT2D eigenvalue weighted by Gasteiger charge is 2.17. The molecule has 1 aromatic rings. The van der Waals surface area contributed by atoms with Crippen LogP contribution in [-0.2, 0) is 4.74 Å². The van der Waals surface area contributed by atoms with Crippen LogP contribution < -0.4 is 16.4 Å². The molecule has 0 saturated carbocycles. The fourth-order valence-electron chi connectivity index (χ4n) is 1.35. The summed E-state index contributed by atoms with van der Waals surface area (Å²) in [6.45, 7) is 4.21. The number of thiazole rings is 1. The van der Waals surface area contributed by atoms with Gasteiger partial charge < -0.3 is 26.2 Å². The van der Waals surface area contributed by atoms with Crippen LogP contribution in [-0.4, -0.2) is 48.4 Å². The van der Waals surface area contributed by atoms with E-state index < -0.39 is 6.10 Å². The number of nitrogens with one attached hydrogen (secondary N) is 2. The summed E-state index contributed by atoms with van der Waals surface area (Å²) in [5.74, 6) is -0.158. The van der Waals surface area contributed by atoms with Crippen molar-refractivity contribution in [2.75, 3.05) is 31.3 Å². The zero-order valence-electron chi connectivity index (χ0n) is 11.3. The monoisotopic (exact) mass is 288 g/mol. The summed E-state index contributed by atoms with van der Waals surface area (Å²) in [6, 6.07) is 0.213. The summed E-state index contributed by atoms with van der Waals surface area (Å²) >= 11 is 1.19. The zero-order valence-corrected chi connectivity index (χ0v) is 12.1. The lowest BCUT2D eigenvalue weighted by molar-refractivity contribution is 0.0611. The lowest BCUT2D eigenvalue weighted by atomic mass is 10.3. The first-order valence-corrected chi connectivity index (χ1v) is 6.73. The number of aliphatic hydroxyl groups excluding tert-OH is 1. The van der Waals surface area contributed by atoms with Gasteiger partial charge in [0.1, 0.15) is 10.7 Å². The molecule has 108 valence electrons. The molecule has 19 heavy (non-hydrogen) atoms. The van der Waals surface area contributed by atoms with Gasteiger partial charge in [-0.25, -0.2) is 4.98 Å². The Bertz CT molecular complexity index is 422. The van der Waals surface area contributed by atoms with E-state index in [1.54, 1.807) is 0 Å². The van der Waals surface area contributed by atoms with Crippen molar-refractivity contribution < 1.29 is 14.6 Å². The number of aliphatic hydroxyl groups is 1. The molecule has 0 aromatic carbocycles. The molecule has 0 spiro atoms. The third-order valence-electron chi connectivity index (χ3n) is 2.13. The second-order valence-electron chi connectivity index (χ2n) is 4.35. The molecule has 0 fully saturated rings. The lowest BCUT2D eigenvalue weighted by Crippen LogP contribution is -2.34. The molecule has 0 aliphatic heterocycles. The van der Waals surface area contributed by atoms with Crippen LogP contribution in [0.25, 0.3) is 0 Å². The summed E-state index contributed by atoms with van der Waals surface area (Å²) < 4.78 is 4.77. The van der Waals surface area contributed by atoms with E-state index in [2.05, 4.69) is 15.6 Å². The summed E-state index contributed by atoms with van der Waals surface area (Å²) in [4.78, 5) is 16.3. The number of nitrogen functional groups attached to an aromatic ring is 1. The largest absolute Gasteiger partial charge is 0.389 e. The Hall–Kier alpha value is -1.38. The number of hydrogen-bond donors (Lipinski definition) is 4. The van der Waals surface area contributed by atoms with E-state index in [0.29, 0.717) is 10.0 Å². The summed E-state index contributed by atoms with van der Waals surface area (Å²) in [7, 11) is 1.48. The van der Waals surface area contributed by atoms with E-state index in [1.165, 1.54) is 18.4 Å². The van der Waals surface area contributed by atoms with Crippen LogP contribution in [0.5, 0.6) is 0 Å². The number of aromatic nitrogens is 1. The first-order valence-electron chi connectivity index (χ1n) is 5.92. The first kappa shape index (κ1) is 15.7. The molecular formula is C11H20N4O3S. The number of ether oxygens (including phenoxy) is 1. The van der Waals surface area contributed by atoms with E-state index >= 15 is 0 Å². The van der Waals surface area contributed by atoms with Crippen molar-refractivity contribution in [1.29, 1.82) is 0 Å². The molecule has 1 atom stereocenters. The second-order valence-corrected chi connectivity index (χ2v) is 5.35. The van der Waals surface area contributed by atoms with E-state index in [1.807, 2.05) is 13.8 Å². The summed E-state index contributed by atoms with van der Waals surface area (Å²) in [5, 5.41) is 15.7. The van der Waals surface area contributed by atoms with Crippen LogP contribution in [0, 0.1) is 0 Å². The topological polar surface area (TPSA) is 110 Å². The minimum absolute atomic E-state index is 0.108. The fraction of sp³-hybridized carbons (Fsp3) is 0.636. The van der Waals surface area contributed by atoms with Crippen molar-refractivity contribution >= 4 is 28.2 Å². The molecule has 8 heteroatoms. The van der Waals surface area contributed by atoms with Crippen LogP contribution in [0.2, 0.25) is 0 Å². The number of carbonyl (C=O) groups excluding carboxylic acids is 1. The van der Waals surface area contributed by atoms with Gasteiger partial charge in [0.05, 0.1) is 12.7 Å². The lowest BCUT2D eigenvalue weighted by Gasteiger charge is -2.09. The van der Waals surface area contributed by atoms with Crippen LogP contribution in [0.1, 0.15) is 23.5 Å². The molecular weight excluding hydrogens is 268 g/mol. The predicted octanol–water partition coefficient (Wildman–Crippen LogP) is 0.283.